The molecule has 0 spiro atoms. The van der Waals surface area contributed by atoms with E-state index < -0.39 is 0 Å². The van der Waals surface area contributed by atoms with Gasteiger partial charge in [0.15, 0.2) is 0 Å². The maximum Gasteiger partial charge on any atom is 0.226 e. The molecule has 0 aromatic rings. The number of hydrogen-bond acceptors (Lipinski definition) is 5. The standard InChI is InChI=1S/C8H12N2.C6H9NO.C5H10N2/c1-4-9-6-7-10(5-2)8(9)3;1-2-7-5-3-4-6(7)8;1-2-7-4-3-6-5-7/h4-5H,1-3,6-7H2;2H,1,3-5H2;2,6H,1,3-5H2. The lowest BCUT2D eigenvalue weighted by atomic mass is 10.4. The van der Waals surface area contributed by atoms with Crippen LogP contribution >= 0.6 is 0 Å². The fraction of sp³-hybridized carbons (Fsp3) is 0.421. The van der Waals surface area contributed by atoms with Gasteiger partial charge in [0.2, 0.25) is 5.91 Å². The number of amides is 1. The van der Waals surface area contributed by atoms with Gasteiger partial charge in [0.25, 0.3) is 0 Å². The van der Waals surface area contributed by atoms with E-state index in [9.17, 15) is 4.79 Å². The van der Waals surface area contributed by atoms with E-state index in [1.165, 1.54) is 0 Å². The summed E-state index contributed by atoms with van der Waals surface area (Å²) < 4.78 is 0. The highest BCUT2D eigenvalue weighted by Crippen LogP contribution is 2.15. The molecule has 0 aromatic carbocycles. The Hall–Kier alpha value is -2.47. The van der Waals surface area contributed by atoms with Gasteiger partial charge in [-0.25, -0.2) is 0 Å². The van der Waals surface area contributed by atoms with Crippen LogP contribution < -0.4 is 5.32 Å². The van der Waals surface area contributed by atoms with E-state index >= 15 is 0 Å². The van der Waals surface area contributed by atoms with E-state index in [2.05, 4.69) is 43.1 Å². The Morgan fingerprint density at radius 2 is 1.44 bits per heavy atom. The molecule has 0 aliphatic carbocycles. The van der Waals surface area contributed by atoms with Crippen LogP contribution in [0.2, 0.25) is 0 Å². The van der Waals surface area contributed by atoms with Crippen LogP contribution in [0.4, 0.5) is 0 Å². The number of hydrogen-bond donors (Lipinski definition) is 1. The first-order valence-electron chi connectivity index (χ1n) is 8.54. The van der Waals surface area contributed by atoms with Crippen molar-refractivity contribution in [2.45, 2.75) is 12.8 Å². The lowest BCUT2D eigenvalue weighted by Gasteiger charge is -2.16. The van der Waals surface area contributed by atoms with Gasteiger partial charge in [0.1, 0.15) is 5.82 Å². The Morgan fingerprint density at radius 3 is 1.68 bits per heavy atom. The molecular formula is C19H31N5O. The Morgan fingerprint density at radius 1 is 0.840 bits per heavy atom. The van der Waals surface area contributed by atoms with Gasteiger partial charge in [0.05, 0.1) is 6.67 Å². The molecule has 1 N–H and O–H groups in total. The Balaban J connectivity index is 0.000000191. The lowest BCUT2D eigenvalue weighted by Crippen LogP contribution is -2.16. The summed E-state index contributed by atoms with van der Waals surface area (Å²) in [5, 5.41) is 3.18. The van der Waals surface area contributed by atoms with Crippen LogP contribution in [0, 0.1) is 0 Å². The second-order valence-electron chi connectivity index (χ2n) is 5.69. The van der Waals surface area contributed by atoms with Crippen LogP contribution in [0.25, 0.3) is 0 Å². The van der Waals surface area contributed by atoms with Crippen molar-refractivity contribution in [1.29, 1.82) is 0 Å². The molecule has 138 valence electrons. The van der Waals surface area contributed by atoms with Crippen LogP contribution in [0.1, 0.15) is 12.8 Å². The van der Waals surface area contributed by atoms with Gasteiger partial charge in [-0.3, -0.25) is 10.1 Å². The van der Waals surface area contributed by atoms with E-state index in [4.69, 9.17) is 0 Å². The highest BCUT2D eigenvalue weighted by atomic mass is 16.2. The smallest absolute Gasteiger partial charge is 0.226 e. The van der Waals surface area contributed by atoms with E-state index in [0.29, 0.717) is 6.42 Å². The van der Waals surface area contributed by atoms with Crippen LogP contribution in [-0.2, 0) is 4.79 Å². The van der Waals surface area contributed by atoms with Gasteiger partial charge in [-0.2, -0.15) is 0 Å². The molecule has 0 radical (unpaired) electrons. The van der Waals surface area contributed by atoms with Gasteiger partial charge in [-0.15, -0.1) is 0 Å². The summed E-state index contributed by atoms with van der Waals surface area (Å²) in [6.45, 7) is 24.3. The fourth-order valence-electron chi connectivity index (χ4n) is 2.57. The molecule has 25 heavy (non-hydrogen) atoms. The first-order chi connectivity index (χ1) is 12.1. The number of carbonyl (C=O) groups excluding carboxylic acids is 1. The van der Waals surface area contributed by atoms with Crippen molar-refractivity contribution in [3.63, 3.8) is 0 Å². The van der Waals surface area contributed by atoms with Crippen molar-refractivity contribution in [2.24, 2.45) is 0 Å². The second kappa shape index (κ2) is 11.1. The summed E-state index contributed by atoms with van der Waals surface area (Å²) in [7, 11) is 0. The third-order valence-electron chi connectivity index (χ3n) is 4.16. The zero-order chi connectivity index (χ0) is 18.7. The lowest BCUT2D eigenvalue weighted by molar-refractivity contribution is -0.125. The zero-order valence-electron chi connectivity index (χ0n) is 15.2. The molecule has 0 atom stereocenters. The number of likely N-dealkylation sites (tertiary alicyclic amines) is 1. The number of carbonyl (C=O) groups is 1. The van der Waals surface area contributed by atoms with Crippen molar-refractivity contribution in [1.82, 2.24) is 24.9 Å². The minimum Gasteiger partial charge on any atom is -0.364 e. The average molecular weight is 345 g/mol. The summed E-state index contributed by atoms with van der Waals surface area (Å²) in [6.07, 6.45) is 8.71. The van der Waals surface area contributed by atoms with Gasteiger partial charge in [-0.05, 0) is 31.2 Å². The van der Waals surface area contributed by atoms with Gasteiger partial charge >= 0.3 is 0 Å². The Bertz CT molecular complexity index is 478. The molecule has 1 amide bonds. The first kappa shape index (κ1) is 20.6. The van der Waals surface area contributed by atoms with E-state index in [0.717, 1.165) is 51.6 Å². The van der Waals surface area contributed by atoms with E-state index in [1.54, 1.807) is 23.5 Å². The van der Waals surface area contributed by atoms with Crippen LogP contribution in [0.3, 0.4) is 0 Å². The van der Waals surface area contributed by atoms with Gasteiger partial charge in [-0.1, -0.05) is 32.9 Å². The molecule has 0 saturated carbocycles. The van der Waals surface area contributed by atoms with Gasteiger partial charge in [0, 0.05) is 39.1 Å². The summed E-state index contributed by atoms with van der Waals surface area (Å²) in [6, 6.07) is 0. The number of nitrogens with one attached hydrogen (secondary N) is 1. The fourth-order valence-corrected chi connectivity index (χ4v) is 2.57. The summed E-state index contributed by atoms with van der Waals surface area (Å²) in [5.74, 6) is 1.17. The molecule has 3 saturated heterocycles. The molecule has 0 aromatic heterocycles. The molecule has 6 heteroatoms. The quantitative estimate of drug-likeness (QED) is 0.845. The summed E-state index contributed by atoms with van der Waals surface area (Å²) in [5.41, 5.74) is 0. The molecule has 0 bridgehead atoms. The van der Waals surface area contributed by atoms with Crippen molar-refractivity contribution in [2.75, 3.05) is 39.4 Å². The molecule has 6 nitrogen and oxygen atoms in total. The van der Waals surface area contributed by atoms with E-state index in [-0.39, 0.29) is 5.91 Å². The monoisotopic (exact) mass is 345 g/mol. The van der Waals surface area contributed by atoms with Crippen molar-refractivity contribution in [3.8, 4) is 0 Å². The zero-order valence-corrected chi connectivity index (χ0v) is 15.2. The minimum atomic E-state index is 0.208. The maximum atomic E-state index is 10.7. The Labute approximate surface area is 152 Å². The molecule has 0 unspecified atom stereocenters. The van der Waals surface area contributed by atoms with E-state index in [1.807, 2.05) is 16.0 Å². The van der Waals surface area contributed by atoms with Crippen LogP contribution in [0.15, 0.2) is 63.5 Å². The topological polar surface area (TPSA) is 42.1 Å². The molecule has 3 fully saturated rings. The summed E-state index contributed by atoms with van der Waals surface area (Å²) in [4.78, 5) is 18.5. The number of nitrogens with zero attached hydrogens (tertiary/aromatic N) is 4. The van der Waals surface area contributed by atoms with Crippen molar-refractivity contribution >= 4 is 5.91 Å². The van der Waals surface area contributed by atoms with Crippen molar-refractivity contribution in [3.05, 3.63) is 63.5 Å². The highest BCUT2D eigenvalue weighted by molar-refractivity contribution is 5.78. The summed E-state index contributed by atoms with van der Waals surface area (Å²) >= 11 is 0. The molecule has 3 aliphatic rings. The first-order valence-corrected chi connectivity index (χ1v) is 8.54. The molecule has 3 heterocycles. The second-order valence-corrected chi connectivity index (χ2v) is 5.69. The average Bonchev–Trinajstić information content (AvgIpc) is 3.36. The van der Waals surface area contributed by atoms with Crippen LogP contribution in [-0.4, -0.2) is 64.9 Å². The number of rotatable bonds is 4. The van der Waals surface area contributed by atoms with Gasteiger partial charge < -0.3 is 19.6 Å². The molecule has 3 rings (SSSR count). The van der Waals surface area contributed by atoms with Crippen LogP contribution in [0.5, 0.6) is 0 Å². The largest absolute Gasteiger partial charge is 0.364 e. The molecular weight excluding hydrogens is 314 g/mol. The van der Waals surface area contributed by atoms with Crippen molar-refractivity contribution < 1.29 is 4.79 Å². The highest BCUT2D eigenvalue weighted by Gasteiger charge is 2.17. The Kier molecular flexibility index (Phi) is 9.17. The third-order valence-corrected chi connectivity index (χ3v) is 4.16. The maximum absolute atomic E-state index is 10.7. The normalized spacial score (nSPS) is 19.0. The SMILES string of the molecule is C=CN1CCCC1=O.C=CN1CCN(C=C)C1=C.C=CN1CCNC1. The predicted octanol–water partition coefficient (Wildman–Crippen LogP) is 2.11. The predicted molar refractivity (Wildman–Crippen MR) is 104 cm³/mol. The minimum absolute atomic E-state index is 0.208. The third kappa shape index (κ3) is 6.51. The molecule has 3 aliphatic heterocycles.